The van der Waals surface area contributed by atoms with Gasteiger partial charge in [-0.25, -0.2) is 4.39 Å². The minimum Gasteiger partial charge on any atom is -0.481 e. The summed E-state index contributed by atoms with van der Waals surface area (Å²) in [7, 11) is 0. The van der Waals surface area contributed by atoms with Gasteiger partial charge in [0.1, 0.15) is 5.82 Å². The van der Waals surface area contributed by atoms with E-state index in [4.69, 9.17) is 5.11 Å². The van der Waals surface area contributed by atoms with Crippen molar-refractivity contribution in [1.82, 2.24) is 5.32 Å². The van der Waals surface area contributed by atoms with Crippen molar-refractivity contribution in [3.63, 3.8) is 0 Å². The highest BCUT2D eigenvalue weighted by molar-refractivity contribution is 5.80. The molecule has 2 rings (SSSR count). The second-order valence-electron chi connectivity index (χ2n) is 5.55. The number of aliphatic carboxylic acids is 1. The maximum Gasteiger partial charge on any atom is 0.305 e. The molecule has 1 aliphatic rings. The molecule has 5 heteroatoms. The second kappa shape index (κ2) is 7.73. The van der Waals surface area contributed by atoms with E-state index in [1.165, 1.54) is 24.3 Å². The molecule has 2 N–H and O–H groups in total. The van der Waals surface area contributed by atoms with Crippen molar-refractivity contribution in [3.05, 3.63) is 47.3 Å². The van der Waals surface area contributed by atoms with Crippen molar-refractivity contribution in [2.24, 2.45) is 0 Å². The Labute approximate surface area is 129 Å². The summed E-state index contributed by atoms with van der Waals surface area (Å²) in [5.41, 5.74) is 1.70. The van der Waals surface area contributed by atoms with Crippen molar-refractivity contribution in [2.75, 3.05) is 0 Å². The number of carboxylic acid groups (broad SMARTS) is 1. The molecule has 1 aliphatic carbocycles. The fraction of sp³-hybridized carbons (Fsp3) is 0.412. The lowest BCUT2D eigenvalue weighted by Crippen LogP contribution is -2.30. The first-order chi connectivity index (χ1) is 10.5. The zero-order chi connectivity index (χ0) is 15.9. The summed E-state index contributed by atoms with van der Waals surface area (Å²) in [6, 6.07) is 4.89. The molecule has 0 bridgehead atoms. The van der Waals surface area contributed by atoms with Gasteiger partial charge in [0.05, 0.1) is 12.5 Å². The molecular weight excluding hydrogens is 285 g/mol. The van der Waals surface area contributed by atoms with Gasteiger partial charge in [-0.3, -0.25) is 9.59 Å². The van der Waals surface area contributed by atoms with Crippen LogP contribution in [-0.2, 0) is 9.59 Å². The lowest BCUT2D eigenvalue weighted by atomic mass is 9.96. The van der Waals surface area contributed by atoms with Gasteiger partial charge in [0, 0.05) is 6.42 Å². The first-order valence-electron chi connectivity index (χ1n) is 7.49. The molecule has 0 heterocycles. The van der Waals surface area contributed by atoms with E-state index in [1.807, 2.05) is 0 Å². The molecule has 0 fully saturated rings. The smallest absolute Gasteiger partial charge is 0.305 e. The molecular formula is C17H20FNO3. The number of rotatable bonds is 6. The summed E-state index contributed by atoms with van der Waals surface area (Å²) in [5, 5.41) is 11.7. The van der Waals surface area contributed by atoms with E-state index in [0.717, 1.165) is 31.3 Å². The molecule has 0 spiro atoms. The highest BCUT2D eigenvalue weighted by Gasteiger charge is 2.19. The van der Waals surface area contributed by atoms with E-state index in [9.17, 15) is 14.0 Å². The van der Waals surface area contributed by atoms with Crippen LogP contribution in [0.1, 0.15) is 50.1 Å². The predicted octanol–water partition coefficient (Wildman–Crippen LogP) is 3.35. The van der Waals surface area contributed by atoms with E-state index >= 15 is 0 Å². The van der Waals surface area contributed by atoms with Crippen LogP contribution in [0.5, 0.6) is 0 Å². The molecule has 0 saturated carbocycles. The molecule has 0 aliphatic heterocycles. The van der Waals surface area contributed by atoms with Crippen LogP contribution in [0.2, 0.25) is 0 Å². The van der Waals surface area contributed by atoms with Gasteiger partial charge in [-0.2, -0.15) is 0 Å². The first kappa shape index (κ1) is 16.2. The van der Waals surface area contributed by atoms with Crippen molar-refractivity contribution in [3.8, 4) is 0 Å². The van der Waals surface area contributed by atoms with E-state index < -0.39 is 17.8 Å². The lowest BCUT2D eigenvalue weighted by Gasteiger charge is -2.19. The third-order valence-electron chi connectivity index (χ3n) is 3.76. The van der Waals surface area contributed by atoms with E-state index in [0.29, 0.717) is 12.0 Å². The Morgan fingerprint density at radius 3 is 2.55 bits per heavy atom. The highest BCUT2D eigenvalue weighted by atomic mass is 19.1. The third-order valence-corrected chi connectivity index (χ3v) is 3.76. The Kier molecular flexibility index (Phi) is 5.69. The second-order valence-corrected chi connectivity index (χ2v) is 5.55. The van der Waals surface area contributed by atoms with Gasteiger partial charge in [0.25, 0.3) is 0 Å². The average Bonchev–Trinajstić information content (AvgIpc) is 2.48. The summed E-state index contributed by atoms with van der Waals surface area (Å²) in [5.74, 6) is -1.59. The Bertz CT molecular complexity index is 566. The number of halogens is 1. The quantitative estimate of drug-likeness (QED) is 0.792. The zero-order valence-corrected chi connectivity index (χ0v) is 12.3. The van der Waals surface area contributed by atoms with Crippen molar-refractivity contribution < 1.29 is 19.1 Å². The fourth-order valence-corrected chi connectivity index (χ4v) is 2.64. The highest BCUT2D eigenvalue weighted by Crippen LogP contribution is 2.22. The molecule has 0 radical (unpaired) electrons. The molecule has 1 unspecified atom stereocenters. The Hall–Kier alpha value is -2.17. The van der Waals surface area contributed by atoms with Crippen molar-refractivity contribution in [1.29, 1.82) is 0 Å². The minimum atomic E-state index is -1.01. The normalized spacial score (nSPS) is 15.8. The van der Waals surface area contributed by atoms with Crippen LogP contribution in [0.25, 0.3) is 0 Å². The fourth-order valence-electron chi connectivity index (χ4n) is 2.64. The largest absolute Gasteiger partial charge is 0.481 e. The van der Waals surface area contributed by atoms with Gasteiger partial charge in [-0.15, -0.1) is 0 Å². The molecule has 22 heavy (non-hydrogen) atoms. The van der Waals surface area contributed by atoms with Crippen molar-refractivity contribution in [2.45, 2.75) is 44.6 Å². The summed E-state index contributed by atoms with van der Waals surface area (Å²) >= 11 is 0. The summed E-state index contributed by atoms with van der Waals surface area (Å²) < 4.78 is 13.0. The maximum atomic E-state index is 13.0. The van der Waals surface area contributed by atoms with Gasteiger partial charge in [-0.05, 0) is 43.4 Å². The molecule has 1 atom stereocenters. The maximum absolute atomic E-state index is 13.0. The summed E-state index contributed by atoms with van der Waals surface area (Å²) in [6.07, 6.45) is 6.34. The number of carbonyl (C=O) groups excluding carboxylic acids is 1. The van der Waals surface area contributed by atoms with Crippen LogP contribution < -0.4 is 5.32 Å². The average molecular weight is 305 g/mol. The topological polar surface area (TPSA) is 66.4 Å². The Morgan fingerprint density at radius 1 is 1.23 bits per heavy atom. The Balaban J connectivity index is 2.02. The number of benzene rings is 1. The molecule has 0 saturated heterocycles. The molecule has 118 valence electrons. The standard InChI is InChI=1S/C17H20FNO3/c18-14-8-6-13(7-9-14)15(11-17(21)22)19-16(20)10-12-4-2-1-3-5-12/h4,6-9,15H,1-3,5,10-11H2,(H,19,20)(H,21,22). The summed E-state index contributed by atoms with van der Waals surface area (Å²) in [4.78, 5) is 23.1. The summed E-state index contributed by atoms with van der Waals surface area (Å²) in [6.45, 7) is 0. The van der Waals surface area contributed by atoms with Gasteiger partial charge in [0.15, 0.2) is 0 Å². The van der Waals surface area contributed by atoms with Gasteiger partial charge >= 0.3 is 5.97 Å². The zero-order valence-electron chi connectivity index (χ0n) is 12.3. The number of carboxylic acids is 1. The monoisotopic (exact) mass is 305 g/mol. The third kappa shape index (κ3) is 4.98. The SMILES string of the molecule is O=C(O)CC(NC(=O)CC1=CCCCC1)c1ccc(F)cc1. The van der Waals surface area contributed by atoms with Crippen molar-refractivity contribution >= 4 is 11.9 Å². The number of hydrogen-bond donors (Lipinski definition) is 2. The number of carbonyl (C=O) groups is 2. The van der Waals surface area contributed by atoms with Gasteiger partial charge < -0.3 is 10.4 Å². The van der Waals surface area contributed by atoms with E-state index in [-0.39, 0.29) is 12.3 Å². The predicted molar refractivity (Wildman–Crippen MR) is 80.7 cm³/mol. The number of amides is 1. The number of nitrogens with one attached hydrogen (secondary N) is 1. The molecule has 4 nitrogen and oxygen atoms in total. The minimum absolute atomic E-state index is 0.191. The molecule has 1 aromatic carbocycles. The van der Waals surface area contributed by atoms with Crippen LogP contribution >= 0.6 is 0 Å². The van der Waals surface area contributed by atoms with Crippen LogP contribution in [0.4, 0.5) is 4.39 Å². The first-order valence-corrected chi connectivity index (χ1v) is 7.49. The van der Waals surface area contributed by atoms with Crippen LogP contribution in [0, 0.1) is 5.82 Å². The van der Waals surface area contributed by atoms with Crippen LogP contribution in [-0.4, -0.2) is 17.0 Å². The lowest BCUT2D eigenvalue weighted by molar-refractivity contribution is -0.137. The van der Waals surface area contributed by atoms with Crippen LogP contribution in [0.15, 0.2) is 35.9 Å². The number of hydrogen-bond acceptors (Lipinski definition) is 2. The molecule has 1 aromatic rings. The van der Waals surface area contributed by atoms with E-state index in [2.05, 4.69) is 11.4 Å². The van der Waals surface area contributed by atoms with Crippen LogP contribution in [0.3, 0.4) is 0 Å². The van der Waals surface area contributed by atoms with Gasteiger partial charge in [-0.1, -0.05) is 23.8 Å². The molecule has 0 aromatic heterocycles. The van der Waals surface area contributed by atoms with Gasteiger partial charge in [0.2, 0.25) is 5.91 Å². The molecule has 1 amide bonds. The number of allylic oxidation sites excluding steroid dienone is 1. The Morgan fingerprint density at radius 2 is 1.95 bits per heavy atom. The van der Waals surface area contributed by atoms with E-state index in [1.54, 1.807) is 0 Å².